The molecule has 0 radical (unpaired) electrons. The van der Waals surface area contributed by atoms with Crippen LogP contribution in [0.15, 0.2) is 40.9 Å². The zero-order valence-electron chi connectivity index (χ0n) is 10.6. The van der Waals surface area contributed by atoms with Crippen LogP contribution in [0.1, 0.15) is 21.5 Å². The van der Waals surface area contributed by atoms with Crippen LogP contribution in [0.4, 0.5) is 10.1 Å². The van der Waals surface area contributed by atoms with Crippen molar-refractivity contribution in [1.82, 2.24) is 0 Å². The fourth-order valence-electron chi connectivity index (χ4n) is 1.65. The SMILES string of the molecule is Cc1ccc(NC(=O)c2ccc(C)c(F)c2)c(Br)c1. The van der Waals surface area contributed by atoms with E-state index in [1.54, 1.807) is 19.1 Å². The molecule has 0 heterocycles. The van der Waals surface area contributed by atoms with Gasteiger partial charge in [-0.2, -0.15) is 0 Å². The summed E-state index contributed by atoms with van der Waals surface area (Å²) in [6, 6.07) is 10.1. The van der Waals surface area contributed by atoms with Gasteiger partial charge >= 0.3 is 0 Å². The van der Waals surface area contributed by atoms with E-state index >= 15 is 0 Å². The minimum Gasteiger partial charge on any atom is -0.321 e. The smallest absolute Gasteiger partial charge is 0.255 e. The summed E-state index contributed by atoms with van der Waals surface area (Å²) in [4.78, 5) is 12.0. The van der Waals surface area contributed by atoms with Crippen LogP contribution < -0.4 is 5.32 Å². The zero-order valence-corrected chi connectivity index (χ0v) is 12.2. The van der Waals surface area contributed by atoms with Gasteiger partial charge in [-0.1, -0.05) is 12.1 Å². The predicted molar refractivity (Wildman–Crippen MR) is 78.0 cm³/mol. The predicted octanol–water partition coefficient (Wildman–Crippen LogP) is 4.46. The Morgan fingerprint density at radius 1 is 1.16 bits per heavy atom. The van der Waals surface area contributed by atoms with Crippen molar-refractivity contribution in [3.8, 4) is 0 Å². The van der Waals surface area contributed by atoms with E-state index in [-0.39, 0.29) is 11.7 Å². The molecule has 0 saturated heterocycles. The van der Waals surface area contributed by atoms with Gasteiger partial charge in [-0.05, 0) is 65.2 Å². The summed E-state index contributed by atoms with van der Waals surface area (Å²) in [7, 11) is 0. The maximum absolute atomic E-state index is 13.4. The molecule has 2 aromatic rings. The maximum atomic E-state index is 13.4. The molecule has 0 atom stereocenters. The third-order valence-corrected chi connectivity index (χ3v) is 3.46. The Balaban J connectivity index is 2.23. The average molecular weight is 322 g/mol. The molecule has 2 aromatic carbocycles. The molecule has 0 saturated carbocycles. The first-order valence-corrected chi connectivity index (χ1v) is 6.60. The molecule has 98 valence electrons. The lowest BCUT2D eigenvalue weighted by molar-refractivity contribution is 0.102. The molecule has 0 bridgehead atoms. The number of carbonyl (C=O) groups excluding carboxylic acids is 1. The Labute approximate surface area is 119 Å². The van der Waals surface area contributed by atoms with Crippen LogP contribution in [0.5, 0.6) is 0 Å². The first-order valence-electron chi connectivity index (χ1n) is 5.81. The average Bonchev–Trinajstić information content (AvgIpc) is 2.36. The van der Waals surface area contributed by atoms with Gasteiger partial charge in [0.1, 0.15) is 5.82 Å². The summed E-state index contributed by atoms with van der Waals surface area (Å²) < 4.78 is 14.2. The second kappa shape index (κ2) is 5.53. The lowest BCUT2D eigenvalue weighted by Crippen LogP contribution is -2.12. The van der Waals surface area contributed by atoms with Crippen molar-refractivity contribution in [3.63, 3.8) is 0 Å². The van der Waals surface area contributed by atoms with Gasteiger partial charge in [-0.15, -0.1) is 0 Å². The molecule has 19 heavy (non-hydrogen) atoms. The van der Waals surface area contributed by atoms with Gasteiger partial charge in [0, 0.05) is 10.0 Å². The van der Waals surface area contributed by atoms with E-state index < -0.39 is 0 Å². The van der Waals surface area contributed by atoms with Crippen LogP contribution in [-0.4, -0.2) is 5.91 Å². The van der Waals surface area contributed by atoms with E-state index in [0.29, 0.717) is 16.8 Å². The fourth-order valence-corrected chi connectivity index (χ4v) is 2.24. The number of rotatable bonds is 2. The number of benzene rings is 2. The second-order valence-electron chi connectivity index (χ2n) is 4.40. The molecule has 1 amide bonds. The van der Waals surface area contributed by atoms with Crippen LogP contribution >= 0.6 is 15.9 Å². The Kier molecular flexibility index (Phi) is 4.00. The molecular formula is C15H13BrFNO. The van der Waals surface area contributed by atoms with E-state index in [4.69, 9.17) is 0 Å². The molecule has 2 rings (SSSR count). The minimum atomic E-state index is -0.379. The molecule has 0 aliphatic rings. The molecule has 1 N–H and O–H groups in total. The van der Waals surface area contributed by atoms with Crippen LogP contribution in [-0.2, 0) is 0 Å². The van der Waals surface area contributed by atoms with Crippen LogP contribution in [0.3, 0.4) is 0 Å². The Morgan fingerprint density at radius 3 is 2.53 bits per heavy atom. The van der Waals surface area contributed by atoms with E-state index in [1.807, 2.05) is 25.1 Å². The first-order chi connectivity index (χ1) is 8.97. The Bertz CT molecular complexity index is 640. The highest BCUT2D eigenvalue weighted by molar-refractivity contribution is 9.10. The molecule has 4 heteroatoms. The van der Waals surface area contributed by atoms with Crippen molar-refractivity contribution >= 4 is 27.5 Å². The molecule has 0 spiro atoms. The van der Waals surface area contributed by atoms with Crippen molar-refractivity contribution in [2.24, 2.45) is 0 Å². The van der Waals surface area contributed by atoms with Gasteiger partial charge in [-0.25, -0.2) is 4.39 Å². The molecule has 0 unspecified atom stereocenters. The van der Waals surface area contributed by atoms with Gasteiger partial charge < -0.3 is 5.32 Å². The molecule has 0 fully saturated rings. The topological polar surface area (TPSA) is 29.1 Å². The van der Waals surface area contributed by atoms with Crippen LogP contribution in [0.25, 0.3) is 0 Å². The lowest BCUT2D eigenvalue weighted by atomic mass is 10.1. The number of aryl methyl sites for hydroxylation is 2. The van der Waals surface area contributed by atoms with Crippen molar-refractivity contribution in [2.75, 3.05) is 5.32 Å². The van der Waals surface area contributed by atoms with Crippen molar-refractivity contribution in [2.45, 2.75) is 13.8 Å². The van der Waals surface area contributed by atoms with Gasteiger partial charge in [0.05, 0.1) is 5.69 Å². The highest BCUT2D eigenvalue weighted by Gasteiger charge is 2.10. The minimum absolute atomic E-state index is 0.301. The summed E-state index contributed by atoms with van der Waals surface area (Å²) in [6.07, 6.45) is 0. The van der Waals surface area contributed by atoms with Crippen molar-refractivity contribution < 1.29 is 9.18 Å². The van der Waals surface area contributed by atoms with E-state index in [0.717, 1.165) is 10.0 Å². The quantitative estimate of drug-likeness (QED) is 0.869. The summed E-state index contributed by atoms with van der Waals surface area (Å²) in [5.74, 6) is -0.709. The van der Waals surface area contributed by atoms with Crippen molar-refractivity contribution in [1.29, 1.82) is 0 Å². The van der Waals surface area contributed by atoms with Gasteiger partial charge in [0.15, 0.2) is 0 Å². The number of anilines is 1. The van der Waals surface area contributed by atoms with E-state index in [2.05, 4.69) is 21.2 Å². The Hall–Kier alpha value is -1.68. The Morgan fingerprint density at radius 2 is 1.89 bits per heavy atom. The van der Waals surface area contributed by atoms with E-state index in [1.165, 1.54) is 6.07 Å². The van der Waals surface area contributed by atoms with Crippen LogP contribution in [0, 0.1) is 19.7 Å². The number of hydrogen-bond acceptors (Lipinski definition) is 1. The van der Waals surface area contributed by atoms with Crippen molar-refractivity contribution in [3.05, 3.63) is 63.4 Å². The van der Waals surface area contributed by atoms with E-state index in [9.17, 15) is 9.18 Å². The largest absolute Gasteiger partial charge is 0.321 e. The third-order valence-electron chi connectivity index (χ3n) is 2.81. The summed E-state index contributed by atoms with van der Waals surface area (Å²) in [5.41, 5.74) is 2.58. The summed E-state index contributed by atoms with van der Waals surface area (Å²) in [6.45, 7) is 3.62. The lowest BCUT2D eigenvalue weighted by Gasteiger charge is -2.08. The molecule has 0 aliphatic carbocycles. The fraction of sp³-hybridized carbons (Fsp3) is 0.133. The number of halogens is 2. The molecule has 0 aliphatic heterocycles. The van der Waals surface area contributed by atoms with Gasteiger partial charge in [0.25, 0.3) is 5.91 Å². The number of amides is 1. The zero-order chi connectivity index (χ0) is 14.0. The second-order valence-corrected chi connectivity index (χ2v) is 5.26. The normalized spacial score (nSPS) is 10.3. The number of hydrogen-bond donors (Lipinski definition) is 1. The highest BCUT2D eigenvalue weighted by Crippen LogP contribution is 2.24. The monoisotopic (exact) mass is 321 g/mol. The van der Waals surface area contributed by atoms with Gasteiger partial charge in [-0.3, -0.25) is 4.79 Å². The standard InChI is InChI=1S/C15H13BrFNO/c1-9-3-6-14(12(16)7-9)18-15(19)11-5-4-10(2)13(17)8-11/h3-8H,1-2H3,(H,18,19). The van der Waals surface area contributed by atoms with Crippen LogP contribution in [0.2, 0.25) is 0 Å². The summed E-state index contributed by atoms with van der Waals surface area (Å²) >= 11 is 3.39. The third kappa shape index (κ3) is 3.20. The summed E-state index contributed by atoms with van der Waals surface area (Å²) in [5, 5.41) is 2.75. The highest BCUT2D eigenvalue weighted by atomic mass is 79.9. The first kappa shape index (κ1) is 13.7. The molecule has 0 aromatic heterocycles. The maximum Gasteiger partial charge on any atom is 0.255 e. The molecule has 2 nitrogen and oxygen atoms in total. The molecular weight excluding hydrogens is 309 g/mol. The van der Waals surface area contributed by atoms with Gasteiger partial charge in [0.2, 0.25) is 0 Å². The number of nitrogens with one attached hydrogen (secondary N) is 1. The number of carbonyl (C=O) groups is 1.